The molecule has 4 heteroatoms. The molecule has 1 aromatic heterocycles. The molecule has 21 heavy (non-hydrogen) atoms. The molecule has 0 aliphatic carbocycles. The summed E-state index contributed by atoms with van der Waals surface area (Å²) in [6, 6.07) is 9.21. The first-order valence-corrected chi connectivity index (χ1v) is 6.54. The van der Waals surface area contributed by atoms with Crippen LogP contribution in [0.15, 0.2) is 54.9 Å². The van der Waals surface area contributed by atoms with Gasteiger partial charge in [0.15, 0.2) is 0 Å². The van der Waals surface area contributed by atoms with E-state index in [9.17, 15) is 0 Å². The predicted octanol–water partition coefficient (Wildman–Crippen LogP) is 2.75. The number of aliphatic hydroxyl groups excluding tert-OH is 1. The Balaban J connectivity index is 2.22. The van der Waals surface area contributed by atoms with Gasteiger partial charge in [0.1, 0.15) is 0 Å². The van der Waals surface area contributed by atoms with Crippen molar-refractivity contribution in [3.8, 4) is 0 Å². The topological polar surface area (TPSA) is 83.0 Å². The summed E-state index contributed by atoms with van der Waals surface area (Å²) >= 11 is 0. The predicted molar refractivity (Wildman–Crippen MR) is 87.1 cm³/mol. The number of hydrogen-bond donors (Lipinski definition) is 3. The van der Waals surface area contributed by atoms with Gasteiger partial charge in [0.05, 0.1) is 12.3 Å². The van der Waals surface area contributed by atoms with Gasteiger partial charge in [-0.1, -0.05) is 30.4 Å². The van der Waals surface area contributed by atoms with Crippen molar-refractivity contribution < 1.29 is 5.11 Å². The molecule has 0 radical (unpaired) electrons. The van der Waals surface area contributed by atoms with Crippen molar-refractivity contribution in [2.75, 3.05) is 12.3 Å². The number of aliphatic hydroxyl groups is 1. The van der Waals surface area contributed by atoms with Gasteiger partial charge in [-0.3, -0.25) is 4.98 Å². The van der Waals surface area contributed by atoms with Gasteiger partial charge in [0, 0.05) is 23.6 Å². The Morgan fingerprint density at radius 2 is 2.10 bits per heavy atom. The van der Waals surface area contributed by atoms with Crippen LogP contribution in [0.2, 0.25) is 0 Å². The van der Waals surface area contributed by atoms with E-state index in [0.29, 0.717) is 17.0 Å². The Morgan fingerprint density at radius 3 is 2.81 bits per heavy atom. The second-order valence-corrected chi connectivity index (χ2v) is 4.46. The first kappa shape index (κ1) is 14.7. The van der Waals surface area contributed by atoms with E-state index >= 15 is 0 Å². The van der Waals surface area contributed by atoms with Crippen molar-refractivity contribution >= 4 is 23.6 Å². The maximum atomic E-state index is 8.80. The highest BCUT2D eigenvalue weighted by molar-refractivity contribution is 6.12. The number of nitrogens with two attached hydrogens (primary N) is 1. The Labute approximate surface area is 123 Å². The van der Waals surface area contributed by atoms with E-state index in [1.54, 1.807) is 36.7 Å². The third kappa shape index (κ3) is 4.12. The van der Waals surface area contributed by atoms with Gasteiger partial charge in [-0.15, -0.1) is 0 Å². The molecule has 2 rings (SSSR count). The molecule has 0 saturated carbocycles. The highest BCUT2D eigenvalue weighted by Crippen LogP contribution is 2.17. The fraction of sp³-hybridized carbons (Fsp3) is 0.0588. The van der Waals surface area contributed by atoms with Crippen molar-refractivity contribution in [3.63, 3.8) is 0 Å². The molecule has 0 aliphatic rings. The van der Waals surface area contributed by atoms with Crippen LogP contribution in [0.5, 0.6) is 0 Å². The number of aromatic nitrogens is 1. The zero-order valence-electron chi connectivity index (χ0n) is 11.5. The summed E-state index contributed by atoms with van der Waals surface area (Å²) in [5, 5.41) is 16.9. The fourth-order valence-electron chi connectivity index (χ4n) is 1.84. The van der Waals surface area contributed by atoms with Crippen molar-refractivity contribution in [3.05, 3.63) is 71.6 Å². The quantitative estimate of drug-likeness (QED) is 0.581. The van der Waals surface area contributed by atoms with Gasteiger partial charge >= 0.3 is 0 Å². The summed E-state index contributed by atoms with van der Waals surface area (Å²) in [7, 11) is 0. The molecular formula is C17H17N3O. The molecule has 0 amide bonds. The monoisotopic (exact) mass is 279 g/mol. The van der Waals surface area contributed by atoms with Gasteiger partial charge in [-0.2, -0.15) is 0 Å². The minimum atomic E-state index is -0.0158. The first-order valence-electron chi connectivity index (χ1n) is 6.54. The summed E-state index contributed by atoms with van der Waals surface area (Å²) in [4.78, 5) is 4.02. The number of hydrogen-bond acceptors (Lipinski definition) is 4. The smallest absolute Gasteiger partial charge is 0.0633 e. The van der Waals surface area contributed by atoms with Crippen molar-refractivity contribution in [1.29, 1.82) is 5.41 Å². The first-order chi connectivity index (χ1) is 10.2. The summed E-state index contributed by atoms with van der Waals surface area (Å²) in [6.45, 7) is -0.0158. The Morgan fingerprint density at radius 1 is 1.24 bits per heavy atom. The SMILES string of the molecule is N=C(/C=C/c1cccnc1)c1cc(/C=C/CO)ccc1N. The molecule has 0 bridgehead atoms. The van der Waals surface area contributed by atoms with Gasteiger partial charge in [-0.25, -0.2) is 0 Å². The Bertz CT molecular complexity index is 676. The van der Waals surface area contributed by atoms with E-state index in [4.69, 9.17) is 16.2 Å². The largest absolute Gasteiger partial charge is 0.398 e. The second-order valence-electron chi connectivity index (χ2n) is 4.46. The minimum absolute atomic E-state index is 0.0158. The molecule has 0 fully saturated rings. The number of allylic oxidation sites excluding steroid dienone is 1. The molecule has 0 spiro atoms. The summed E-state index contributed by atoms with van der Waals surface area (Å²) in [5.41, 5.74) is 9.30. The van der Waals surface area contributed by atoms with E-state index in [0.717, 1.165) is 11.1 Å². The number of nitrogens with one attached hydrogen (secondary N) is 1. The number of benzene rings is 1. The normalized spacial score (nSPS) is 11.3. The van der Waals surface area contributed by atoms with E-state index in [1.165, 1.54) is 0 Å². The van der Waals surface area contributed by atoms with Gasteiger partial charge in [-0.05, 0) is 35.4 Å². The van der Waals surface area contributed by atoms with Gasteiger partial charge < -0.3 is 16.2 Å². The van der Waals surface area contributed by atoms with Crippen LogP contribution < -0.4 is 5.73 Å². The van der Waals surface area contributed by atoms with Crippen LogP contribution in [0, 0.1) is 5.41 Å². The van der Waals surface area contributed by atoms with Crippen LogP contribution >= 0.6 is 0 Å². The Hall–Kier alpha value is -2.72. The van der Waals surface area contributed by atoms with Crippen LogP contribution in [0.4, 0.5) is 5.69 Å². The summed E-state index contributed by atoms with van der Waals surface area (Å²) in [5.74, 6) is 0. The number of pyridine rings is 1. The third-order valence-electron chi connectivity index (χ3n) is 2.91. The molecule has 0 saturated heterocycles. The number of rotatable bonds is 5. The molecule has 1 aromatic carbocycles. The lowest BCUT2D eigenvalue weighted by Gasteiger charge is -2.05. The van der Waals surface area contributed by atoms with Crippen LogP contribution in [0.25, 0.3) is 12.2 Å². The highest BCUT2D eigenvalue weighted by atomic mass is 16.2. The van der Waals surface area contributed by atoms with Crippen LogP contribution in [0.1, 0.15) is 16.7 Å². The maximum Gasteiger partial charge on any atom is 0.0633 e. The van der Waals surface area contributed by atoms with Gasteiger partial charge in [0.2, 0.25) is 0 Å². The molecule has 0 unspecified atom stereocenters. The number of nitrogens with zero attached hydrogens (tertiary/aromatic N) is 1. The standard InChI is InChI=1S/C17H17N3O/c18-16-7-5-13(4-2-10-21)11-15(16)17(19)8-6-14-3-1-9-20-12-14/h1-9,11-12,19,21H,10,18H2/b4-2+,8-6+,19-17?. The van der Waals surface area contributed by atoms with E-state index in [1.807, 2.05) is 30.3 Å². The highest BCUT2D eigenvalue weighted by Gasteiger charge is 2.03. The lowest BCUT2D eigenvalue weighted by atomic mass is 10.0. The van der Waals surface area contributed by atoms with Crippen molar-refractivity contribution in [1.82, 2.24) is 4.98 Å². The zero-order valence-corrected chi connectivity index (χ0v) is 11.5. The van der Waals surface area contributed by atoms with Crippen LogP contribution in [0.3, 0.4) is 0 Å². The Kier molecular flexibility index (Phi) is 5.01. The molecule has 1 heterocycles. The summed E-state index contributed by atoms with van der Waals surface area (Å²) in [6.07, 6.45) is 10.4. The van der Waals surface area contributed by atoms with E-state index < -0.39 is 0 Å². The van der Waals surface area contributed by atoms with Gasteiger partial charge in [0.25, 0.3) is 0 Å². The number of anilines is 1. The molecule has 106 valence electrons. The zero-order chi connectivity index (χ0) is 15.1. The average Bonchev–Trinajstić information content (AvgIpc) is 2.53. The van der Waals surface area contributed by atoms with Crippen molar-refractivity contribution in [2.24, 2.45) is 0 Å². The molecular weight excluding hydrogens is 262 g/mol. The molecule has 0 aliphatic heterocycles. The second kappa shape index (κ2) is 7.17. The lowest BCUT2D eigenvalue weighted by Crippen LogP contribution is -2.01. The molecule has 4 N–H and O–H groups in total. The average molecular weight is 279 g/mol. The summed E-state index contributed by atoms with van der Waals surface area (Å²) < 4.78 is 0. The third-order valence-corrected chi connectivity index (χ3v) is 2.91. The number of nitrogen functional groups attached to an aromatic ring is 1. The van der Waals surface area contributed by atoms with Crippen LogP contribution in [-0.4, -0.2) is 22.4 Å². The fourth-order valence-corrected chi connectivity index (χ4v) is 1.84. The lowest BCUT2D eigenvalue weighted by molar-refractivity contribution is 0.343. The van der Waals surface area contributed by atoms with E-state index in [-0.39, 0.29) is 6.61 Å². The van der Waals surface area contributed by atoms with E-state index in [2.05, 4.69) is 4.98 Å². The maximum absolute atomic E-state index is 8.80. The minimum Gasteiger partial charge on any atom is -0.398 e. The molecule has 2 aromatic rings. The molecule has 0 atom stereocenters. The van der Waals surface area contributed by atoms with Crippen LogP contribution in [-0.2, 0) is 0 Å². The molecule has 4 nitrogen and oxygen atoms in total. The van der Waals surface area contributed by atoms with Crippen molar-refractivity contribution in [2.45, 2.75) is 0 Å².